The quantitative estimate of drug-likeness (QED) is 0.504. The van der Waals surface area contributed by atoms with E-state index in [0.717, 1.165) is 48.1 Å². The van der Waals surface area contributed by atoms with Gasteiger partial charge in [0.1, 0.15) is 6.04 Å². The van der Waals surface area contributed by atoms with Crippen molar-refractivity contribution in [2.75, 3.05) is 11.9 Å². The summed E-state index contributed by atoms with van der Waals surface area (Å²) in [7, 11) is 3.99. The molecule has 3 aromatic heterocycles. The van der Waals surface area contributed by atoms with E-state index in [1.807, 2.05) is 54.6 Å². The van der Waals surface area contributed by atoms with Gasteiger partial charge in [-0.3, -0.25) is 4.79 Å². The molecular formula is C21H25N8O+. The summed E-state index contributed by atoms with van der Waals surface area (Å²) in [4.78, 5) is 22.1. The molecule has 2 N–H and O–H groups in total. The van der Waals surface area contributed by atoms with E-state index in [0.29, 0.717) is 17.4 Å². The summed E-state index contributed by atoms with van der Waals surface area (Å²) in [6, 6.07) is 9.59. The number of hydrogen-bond acceptors (Lipinski definition) is 5. The number of rotatable bonds is 3. The highest BCUT2D eigenvalue weighted by atomic mass is 16.2. The van der Waals surface area contributed by atoms with Crippen LogP contribution < -0.4 is 15.3 Å². The van der Waals surface area contributed by atoms with E-state index in [2.05, 4.69) is 16.7 Å². The number of hydrogen-bond donors (Lipinski definition) is 2. The smallest absolute Gasteiger partial charge is 0.277 e. The minimum atomic E-state index is -0.341. The van der Waals surface area contributed by atoms with Gasteiger partial charge in [0.25, 0.3) is 5.69 Å². The van der Waals surface area contributed by atoms with Crippen molar-refractivity contribution in [3.05, 3.63) is 36.0 Å². The molecule has 0 spiro atoms. The normalized spacial score (nSPS) is 17.3. The number of amides is 1. The second kappa shape index (κ2) is 7.08. The molecule has 1 aromatic carbocycles. The molecule has 1 aliphatic rings. The van der Waals surface area contributed by atoms with Crippen molar-refractivity contribution in [1.82, 2.24) is 29.6 Å². The van der Waals surface area contributed by atoms with Crippen molar-refractivity contribution in [3.63, 3.8) is 0 Å². The molecule has 0 radical (unpaired) electrons. The Morgan fingerprint density at radius 1 is 1.23 bits per heavy atom. The molecule has 154 valence electrons. The average Bonchev–Trinajstić information content (AvgIpc) is 3.22. The Balaban J connectivity index is 1.68. The molecule has 30 heavy (non-hydrogen) atoms. The Labute approximate surface area is 173 Å². The number of carbonyl (C=O) groups is 1. The van der Waals surface area contributed by atoms with E-state index in [9.17, 15) is 4.79 Å². The fourth-order valence-electron chi connectivity index (χ4n) is 3.98. The Bertz CT molecular complexity index is 1270. The van der Waals surface area contributed by atoms with Crippen LogP contribution in [0.4, 0.5) is 5.95 Å². The number of nitrogens with one attached hydrogen (secondary N) is 2. The highest BCUT2D eigenvalue weighted by Gasteiger charge is 2.26. The summed E-state index contributed by atoms with van der Waals surface area (Å²) in [6.07, 6.45) is 2.73. The molecule has 1 aliphatic heterocycles. The van der Waals surface area contributed by atoms with Gasteiger partial charge in [-0.1, -0.05) is 12.1 Å². The Morgan fingerprint density at radius 2 is 2.07 bits per heavy atom. The number of fused-ring (bicyclic) bond motifs is 3. The zero-order chi connectivity index (χ0) is 20.8. The van der Waals surface area contributed by atoms with E-state index < -0.39 is 0 Å². The van der Waals surface area contributed by atoms with Crippen molar-refractivity contribution in [2.45, 2.75) is 32.2 Å². The zero-order valence-electron chi connectivity index (χ0n) is 17.4. The second-order valence-corrected chi connectivity index (χ2v) is 7.83. The van der Waals surface area contributed by atoms with Gasteiger partial charge in [-0.2, -0.15) is 9.20 Å². The Kier molecular flexibility index (Phi) is 4.38. The van der Waals surface area contributed by atoms with E-state index in [4.69, 9.17) is 15.1 Å². The highest BCUT2D eigenvalue weighted by Crippen LogP contribution is 2.24. The van der Waals surface area contributed by atoms with Gasteiger partial charge < -0.3 is 10.6 Å². The summed E-state index contributed by atoms with van der Waals surface area (Å²) < 4.78 is 5.79. The monoisotopic (exact) mass is 405 g/mol. The minimum Gasteiger partial charge on any atom is -0.354 e. The van der Waals surface area contributed by atoms with E-state index in [-0.39, 0.29) is 11.9 Å². The standard InChI is InChI=1S/C21H24N8O/c1-13-12-17(28(3)27(13)2)18-25-19-14-8-4-5-9-15(14)23-21(29(19)26-18)24-16-10-6-7-11-22-20(16)30/h4-5,8-9,12,16H,6-7,10-11H2,1-3H3,(H-,22,23,24,25,26,30)/p+1/t16-/m1/s1. The first-order valence-electron chi connectivity index (χ1n) is 10.3. The van der Waals surface area contributed by atoms with Crippen LogP contribution in [0.25, 0.3) is 28.1 Å². The summed E-state index contributed by atoms with van der Waals surface area (Å²) in [5.41, 5.74) is 3.56. The van der Waals surface area contributed by atoms with Crippen LogP contribution in [-0.4, -0.2) is 42.8 Å². The fraction of sp³-hybridized carbons (Fsp3) is 0.381. The summed E-state index contributed by atoms with van der Waals surface area (Å²) in [5.74, 6) is 1.15. The molecular weight excluding hydrogens is 380 g/mol. The molecule has 4 aromatic rings. The third kappa shape index (κ3) is 2.97. The summed E-state index contributed by atoms with van der Waals surface area (Å²) >= 11 is 0. The van der Waals surface area contributed by atoms with Gasteiger partial charge in [-0.15, -0.1) is 9.78 Å². The third-order valence-corrected chi connectivity index (χ3v) is 5.90. The first kappa shape index (κ1) is 18.5. The Hall–Kier alpha value is -3.49. The van der Waals surface area contributed by atoms with Crippen LogP contribution in [0, 0.1) is 6.92 Å². The molecule has 0 aliphatic carbocycles. The first-order valence-corrected chi connectivity index (χ1v) is 10.3. The molecule has 0 saturated carbocycles. The van der Waals surface area contributed by atoms with Crippen LogP contribution in [0.1, 0.15) is 25.0 Å². The summed E-state index contributed by atoms with van der Waals surface area (Å²) in [6.45, 7) is 2.77. The van der Waals surface area contributed by atoms with Crippen molar-refractivity contribution in [3.8, 4) is 11.5 Å². The topological polar surface area (TPSA) is 93.0 Å². The number of carbonyl (C=O) groups excluding carboxylic acids is 1. The number of aryl methyl sites for hydroxylation is 1. The predicted octanol–water partition coefficient (Wildman–Crippen LogP) is 1.50. The molecule has 4 heterocycles. The van der Waals surface area contributed by atoms with Gasteiger partial charge >= 0.3 is 0 Å². The molecule has 1 atom stereocenters. The van der Waals surface area contributed by atoms with Crippen molar-refractivity contribution in [2.24, 2.45) is 14.1 Å². The van der Waals surface area contributed by atoms with Crippen LogP contribution in [0.3, 0.4) is 0 Å². The molecule has 1 saturated heterocycles. The number of aromatic nitrogens is 6. The lowest BCUT2D eigenvalue weighted by molar-refractivity contribution is -0.741. The van der Waals surface area contributed by atoms with Crippen LogP contribution in [0.15, 0.2) is 30.3 Å². The minimum absolute atomic E-state index is 0.000955. The van der Waals surface area contributed by atoms with Gasteiger partial charge in [-0.25, -0.2) is 9.97 Å². The second-order valence-electron chi connectivity index (χ2n) is 7.83. The largest absolute Gasteiger partial charge is 0.354 e. The molecule has 0 unspecified atom stereocenters. The molecule has 9 heteroatoms. The number of anilines is 1. The molecule has 9 nitrogen and oxygen atoms in total. The first-order chi connectivity index (χ1) is 14.5. The summed E-state index contributed by atoms with van der Waals surface area (Å²) in [5, 5.41) is 12.0. The van der Waals surface area contributed by atoms with Gasteiger partial charge in [0.15, 0.2) is 12.7 Å². The third-order valence-electron chi connectivity index (χ3n) is 5.90. The van der Waals surface area contributed by atoms with Crippen LogP contribution in [0.5, 0.6) is 0 Å². The molecule has 0 bridgehead atoms. The zero-order valence-corrected chi connectivity index (χ0v) is 17.4. The lowest BCUT2D eigenvalue weighted by Crippen LogP contribution is -2.39. The van der Waals surface area contributed by atoms with Gasteiger partial charge in [0, 0.05) is 18.0 Å². The SMILES string of the molecule is Cc1cc(-c2nc3c4ccccc4nc(N[C@@H]4CCCCNC4=O)n3n2)[n+](C)n1C. The van der Waals surface area contributed by atoms with Crippen molar-refractivity contribution >= 4 is 28.4 Å². The number of nitrogens with zero attached hydrogens (tertiary/aromatic N) is 6. The predicted molar refractivity (Wildman–Crippen MR) is 113 cm³/mol. The molecule has 1 amide bonds. The van der Waals surface area contributed by atoms with Crippen molar-refractivity contribution in [1.29, 1.82) is 0 Å². The Morgan fingerprint density at radius 3 is 2.87 bits per heavy atom. The number of benzene rings is 1. The van der Waals surface area contributed by atoms with Crippen LogP contribution >= 0.6 is 0 Å². The maximum absolute atomic E-state index is 12.5. The molecule has 1 fully saturated rings. The maximum Gasteiger partial charge on any atom is 0.277 e. The van der Waals surface area contributed by atoms with Crippen molar-refractivity contribution < 1.29 is 9.48 Å². The maximum atomic E-state index is 12.5. The van der Waals surface area contributed by atoms with Crippen LogP contribution in [0.2, 0.25) is 0 Å². The van der Waals surface area contributed by atoms with E-state index >= 15 is 0 Å². The van der Waals surface area contributed by atoms with Gasteiger partial charge in [0.05, 0.1) is 18.3 Å². The molecule has 5 rings (SSSR count). The van der Waals surface area contributed by atoms with Gasteiger partial charge in [0.2, 0.25) is 17.7 Å². The lowest BCUT2D eigenvalue weighted by atomic mass is 10.1. The highest BCUT2D eigenvalue weighted by molar-refractivity contribution is 5.93. The average molecular weight is 405 g/mol. The van der Waals surface area contributed by atoms with Gasteiger partial charge in [-0.05, 0) is 38.3 Å². The van der Waals surface area contributed by atoms with Crippen LogP contribution in [-0.2, 0) is 18.9 Å². The fourth-order valence-corrected chi connectivity index (χ4v) is 3.98. The van der Waals surface area contributed by atoms with E-state index in [1.165, 1.54) is 0 Å². The van der Waals surface area contributed by atoms with E-state index in [1.54, 1.807) is 4.52 Å². The number of para-hydroxylation sites is 1. The lowest BCUT2D eigenvalue weighted by Gasteiger charge is -2.16.